The van der Waals surface area contributed by atoms with Gasteiger partial charge >= 0.3 is 38.3 Å². The van der Waals surface area contributed by atoms with Gasteiger partial charge in [-0.25, -0.2) is 33.5 Å². The van der Waals surface area contributed by atoms with Crippen LogP contribution in [0.25, 0.3) is 0 Å². The Morgan fingerprint density at radius 3 is 2.12 bits per heavy atom. The molecule has 3 atom stereocenters. The van der Waals surface area contributed by atoms with E-state index in [0.717, 1.165) is 11.3 Å². The maximum absolute atomic E-state index is 14.3. The number of thiazole rings is 1. The Bertz CT molecular complexity index is 2620. The molecule has 74 heavy (non-hydrogen) atoms. The van der Waals surface area contributed by atoms with Crippen LogP contribution < -0.4 is 48.8 Å². The topological polar surface area (TPSA) is 247 Å². The van der Waals surface area contributed by atoms with E-state index in [1.807, 2.05) is 0 Å². The van der Waals surface area contributed by atoms with Gasteiger partial charge in [-0.2, -0.15) is 0 Å². The fourth-order valence-corrected chi connectivity index (χ4v) is 8.94. The number of hydrogen-bond donors (Lipinski definition) is 2. The Hall–Kier alpha value is -5.87. The number of halogens is 2. The van der Waals surface area contributed by atoms with E-state index in [1.54, 1.807) is 123 Å². The minimum atomic E-state index is -1.41. The van der Waals surface area contributed by atoms with Crippen molar-refractivity contribution in [2.45, 2.75) is 117 Å². The largest absolute Gasteiger partial charge is 1.00 e. The number of likely N-dealkylation sites (N-methyl/N-ethyl adjacent to an activating group) is 1. The molecule has 5 amide bonds. The first kappa shape index (κ1) is 60.7. The van der Waals surface area contributed by atoms with E-state index < -0.39 is 82.1 Å². The molecule has 1 aromatic carbocycles. The van der Waals surface area contributed by atoms with E-state index in [-0.39, 0.29) is 76.8 Å². The molecule has 2 aliphatic rings. The smallest absolute Gasteiger partial charge is 0.414 e. The first-order valence-corrected chi connectivity index (χ1v) is 24.8. The molecular formula is C47H59BClIN8O14S2. The number of amides is 5. The van der Waals surface area contributed by atoms with Gasteiger partial charge in [0, 0.05) is 43.6 Å². The van der Waals surface area contributed by atoms with E-state index in [2.05, 4.69) is 25.4 Å². The van der Waals surface area contributed by atoms with Gasteiger partial charge in [0.1, 0.15) is 56.3 Å². The molecule has 0 bridgehead atoms. The van der Waals surface area contributed by atoms with Crippen LogP contribution in [0.5, 0.6) is 5.75 Å². The van der Waals surface area contributed by atoms with Crippen molar-refractivity contribution in [3.63, 3.8) is 0 Å². The highest BCUT2D eigenvalue weighted by atomic mass is 127. The van der Waals surface area contributed by atoms with Gasteiger partial charge in [0.05, 0.1) is 12.8 Å². The fourth-order valence-electron chi connectivity index (χ4n) is 6.58. The zero-order chi connectivity index (χ0) is 54.2. The van der Waals surface area contributed by atoms with Crippen molar-refractivity contribution in [2.75, 3.05) is 43.2 Å². The highest BCUT2D eigenvalue weighted by Crippen LogP contribution is 2.41. The molecule has 2 N–H and O–H groups in total. The zero-order valence-corrected chi connectivity index (χ0v) is 47.5. The van der Waals surface area contributed by atoms with E-state index in [1.165, 1.54) is 40.5 Å². The molecule has 5 rings (SSSR count). The van der Waals surface area contributed by atoms with Gasteiger partial charge in [0.25, 0.3) is 11.8 Å². The number of fused-ring (bicyclic) bond motifs is 1. The van der Waals surface area contributed by atoms with Gasteiger partial charge in [-0.05, 0) is 86.9 Å². The van der Waals surface area contributed by atoms with Crippen LogP contribution in [0.3, 0.4) is 0 Å². The van der Waals surface area contributed by atoms with Crippen LogP contribution >= 0.6 is 34.7 Å². The lowest BCUT2D eigenvalue weighted by atomic mass is 10.0. The number of ether oxygens (including phenoxy) is 5. The molecule has 2 radical (unpaired) electrons. The number of rotatable bonds is 17. The van der Waals surface area contributed by atoms with E-state index in [0.29, 0.717) is 22.6 Å². The summed E-state index contributed by atoms with van der Waals surface area (Å²) in [5.74, 6) is -2.76. The molecule has 2 aliphatic heterocycles. The number of hydrogen-bond acceptors (Lipinski definition) is 18. The summed E-state index contributed by atoms with van der Waals surface area (Å²) < 4.78 is 33.4. The molecule has 0 unspecified atom stereocenters. The second-order valence-electron chi connectivity index (χ2n) is 19.4. The van der Waals surface area contributed by atoms with Crippen LogP contribution in [0.1, 0.15) is 80.5 Å². The minimum Gasteiger partial charge on any atom is -1.00 e. The Kier molecular flexibility index (Phi) is 21.0. The van der Waals surface area contributed by atoms with Crippen molar-refractivity contribution < 1.29 is 95.3 Å². The maximum atomic E-state index is 14.3. The average molecular weight is 1200 g/mol. The predicted octanol–water partition coefficient (Wildman–Crippen LogP) is 2.89. The van der Waals surface area contributed by atoms with Crippen LogP contribution in [0.4, 0.5) is 25.2 Å². The summed E-state index contributed by atoms with van der Waals surface area (Å²) in [7, 11) is 8.09. The van der Waals surface area contributed by atoms with Gasteiger partial charge in [0.15, 0.2) is 29.8 Å². The van der Waals surface area contributed by atoms with Gasteiger partial charge < -0.3 is 67.4 Å². The molecule has 27 heteroatoms. The molecule has 0 spiro atoms. The fraction of sp³-hybridized carbons (Fsp3) is 0.489. The van der Waals surface area contributed by atoms with Crippen LogP contribution in [-0.4, -0.2) is 138 Å². The first-order valence-electron chi connectivity index (χ1n) is 22.6. The number of carbonyl (C=O) groups is 7. The summed E-state index contributed by atoms with van der Waals surface area (Å²) in [6, 6.07) is 8.98. The number of aromatic nitrogens is 2. The quantitative estimate of drug-likeness (QED) is 0.0288. The number of methoxy groups -OCH3 is 1. The average Bonchev–Trinajstić information content (AvgIpc) is 3.66. The number of esters is 1. The molecule has 1 saturated heterocycles. The lowest BCUT2D eigenvalue weighted by Crippen LogP contribution is -3.00. The Labute approximate surface area is 460 Å². The number of β-lactam (4-membered cyclic amide) rings is 1. The predicted molar refractivity (Wildman–Crippen MR) is 270 cm³/mol. The highest BCUT2D eigenvalue weighted by Gasteiger charge is 2.55. The summed E-state index contributed by atoms with van der Waals surface area (Å²) in [6.45, 7) is 16.8. The number of nitrogens with one attached hydrogen (secondary N) is 2. The number of anilines is 2. The third-order valence-corrected chi connectivity index (χ3v) is 12.5. The molecule has 22 nitrogen and oxygen atoms in total. The summed E-state index contributed by atoms with van der Waals surface area (Å²) in [5.41, 5.74) is -1.73. The Morgan fingerprint density at radius 1 is 0.932 bits per heavy atom. The summed E-state index contributed by atoms with van der Waals surface area (Å²) in [6.07, 6.45) is -0.112. The number of nitrogens with zero attached hydrogens (tertiary/aromatic N) is 6. The van der Waals surface area contributed by atoms with Crippen molar-refractivity contribution in [3.05, 3.63) is 75.7 Å². The zero-order valence-electron chi connectivity index (χ0n) is 42.9. The van der Waals surface area contributed by atoms with E-state index >= 15 is 0 Å². The molecule has 0 aliphatic carbocycles. The van der Waals surface area contributed by atoms with Gasteiger partial charge in [-0.3, -0.25) is 24.7 Å². The monoisotopic (exact) mass is 1200 g/mol. The van der Waals surface area contributed by atoms with Crippen LogP contribution in [0.2, 0.25) is 4.34 Å². The Morgan fingerprint density at radius 2 is 1.54 bits per heavy atom. The lowest BCUT2D eigenvalue weighted by Gasteiger charge is -2.49. The van der Waals surface area contributed by atoms with Gasteiger partial charge in [-0.15, -0.1) is 11.8 Å². The second kappa shape index (κ2) is 25.6. The van der Waals surface area contributed by atoms with Crippen LogP contribution in [0.15, 0.2) is 65.2 Å². The third kappa shape index (κ3) is 16.8. The highest BCUT2D eigenvalue weighted by molar-refractivity contribution is 8.00. The SMILES string of the molecule is [B]OC(=O)[C@H](C)O/N=C(\C(=O)N[C@@H]1C(=O)N2C(C(=O)OCc3ccc(OC)cc3)=C(C[n+]3ccc(N(CCN(C)C(=O)OC(C)(C)C)C(=O)OC(C)(C)C)cc3)CS[C@H]12)c1nc(NC(=O)OC(C)(C)C)sc1Cl.[I-]. The first-order chi connectivity index (χ1) is 34.1. The molecule has 3 aromatic rings. The maximum Gasteiger partial charge on any atom is 0.414 e. The number of benzene rings is 1. The number of pyridine rings is 1. The summed E-state index contributed by atoms with van der Waals surface area (Å²) in [4.78, 5) is 107. The van der Waals surface area contributed by atoms with Crippen molar-refractivity contribution in [3.8, 4) is 5.75 Å². The molecule has 1 fully saturated rings. The van der Waals surface area contributed by atoms with Crippen LogP contribution in [-0.2, 0) is 60.8 Å². The minimum absolute atomic E-state index is 0. The van der Waals surface area contributed by atoms with Crippen molar-refractivity contribution in [1.29, 1.82) is 0 Å². The normalized spacial score (nSPS) is 16.0. The second-order valence-corrected chi connectivity index (χ2v) is 22.1. The third-order valence-electron chi connectivity index (χ3n) is 9.98. The van der Waals surface area contributed by atoms with Gasteiger partial charge in [0.2, 0.25) is 6.10 Å². The van der Waals surface area contributed by atoms with Crippen molar-refractivity contribution in [1.82, 2.24) is 20.1 Å². The van der Waals surface area contributed by atoms with Gasteiger partial charge in [-0.1, -0.05) is 40.2 Å². The molecular weight excluding hydrogens is 1140 g/mol. The van der Waals surface area contributed by atoms with Crippen molar-refractivity contribution in [2.24, 2.45) is 5.16 Å². The summed E-state index contributed by atoms with van der Waals surface area (Å²) >= 11 is 8.54. The number of oxime groups is 1. The molecule has 400 valence electrons. The van der Waals surface area contributed by atoms with E-state index in [4.69, 9.17) is 48.2 Å². The van der Waals surface area contributed by atoms with Crippen molar-refractivity contribution >= 4 is 101 Å². The van der Waals surface area contributed by atoms with E-state index in [9.17, 15) is 33.6 Å². The molecule has 4 heterocycles. The lowest BCUT2D eigenvalue weighted by molar-refractivity contribution is -0.689. The summed E-state index contributed by atoms with van der Waals surface area (Å²) in [5, 5.41) is 8.01. The number of thioether (sulfide) groups is 1. The Balaban J connectivity index is 0.0000119. The number of carbonyl (C=O) groups excluding carboxylic acids is 7. The standard InChI is InChI=1S/C47H58BClN8O14S2.HI/c1-26(39(60)70-48)71-53-32(31-35(49)73-41(51-31)52-42(62)67-45(2,3)4)36(58)50-33-37(59)57-34(40(61)66-24-27-13-15-30(65-12)16-14-27)28(25-72-38(33)57)23-55-19-17-29(18-20-55)56(44(64)69-47(8,9)10)22-21-54(11)43(63)68-46(5,6)7;/h13-20,26,33,38H,21-25H2,1-12H3,(H-,50,51,52,58,62);1H/b53-32-;/t26-,33+,38+;/m0./s1. The molecule has 2 aromatic heterocycles. The van der Waals surface area contributed by atoms with Crippen LogP contribution in [0, 0.1) is 0 Å². The molecule has 0 saturated carbocycles.